The fraction of sp³-hybridized carbons (Fsp3) is 0.0385. The van der Waals surface area contributed by atoms with Gasteiger partial charge in [0.05, 0.1) is 33.6 Å². The Morgan fingerprint density at radius 2 is 0.673 bits per heavy atom. The second-order valence-corrected chi connectivity index (χ2v) is 29.3. The summed E-state index contributed by atoms with van der Waals surface area (Å²) < 4.78 is 14.7. The largest absolute Gasteiger partial charge is 0.456 e. The lowest BCUT2D eigenvalue weighted by Crippen LogP contribution is -2.38. The van der Waals surface area contributed by atoms with Crippen molar-refractivity contribution >= 4 is 16.3 Å². The van der Waals surface area contributed by atoms with Crippen LogP contribution >= 0.6 is 0 Å². The average molecular weight is 1400 g/mol. The zero-order chi connectivity index (χ0) is 72.4. The van der Waals surface area contributed by atoms with Crippen LogP contribution in [0, 0.1) is 5.92 Å². The van der Waals surface area contributed by atoms with Crippen molar-refractivity contribution in [3.05, 3.63) is 438 Å². The number of fused-ring (bicyclic) bond motifs is 19. The first-order valence-corrected chi connectivity index (χ1v) is 37.8. The molecule has 0 saturated heterocycles. The Morgan fingerprint density at radius 1 is 0.255 bits per heavy atom. The summed E-state index contributed by atoms with van der Waals surface area (Å²) in [6, 6.07) is 133. The standard InChI is InChI=1S/C104H66N4O2/c1-3-25-65(26-4-1)67-51-54-69(55-52-67)102-107-95(75-34-22-32-72(61-75)78-40-23-47-90-99(78)109-97-49-19-17-45-88(97)103(90)85-42-14-11-36-80(85)81-37-12-15-43-86(81)103)64-96(108-102)84-39-10-9-35-77(84)73-57-58-83-82-38-13-16-44-87(82)104(92(83)62-73)89-46-18-20-50-98(89)110-100-79(41-24-48-91(100)104)71-31-21-33-74(60-71)93-63-94(106-101(105-93)68-28-5-2-6-29-68)76-56-53-66-27-7-8-30-70(66)59-76/h1-64,83,92H. The molecule has 17 aromatic rings. The first-order valence-electron chi connectivity index (χ1n) is 37.8. The van der Waals surface area contributed by atoms with Gasteiger partial charge in [-0.25, -0.2) is 19.9 Å². The smallest absolute Gasteiger partial charge is 0.160 e. The minimum absolute atomic E-state index is 0.0375. The maximum absolute atomic E-state index is 7.42. The van der Waals surface area contributed by atoms with Crippen molar-refractivity contribution in [1.29, 1.82) is 0 Å². The number of hydrogen-bond acceptors (Lipinski definition) is 6. The summed E-state index contributed by atoms with van der Waals surface area (Å²) in [5.74, 6) is 4.63. The summed E-state index contributed by atoms with van der Waals surface area (Å²) >= 11 is 0. The molecule has 3 atom stereocenters. The molecule has 15 aromatic carbocycles. The number of para-hydroxylation sites is 4. The van der Waals surface area contributed by atoms with Crippen molar-refractivity contribution in [2.75, 3.05) is 0 Å². The molecule has 110 heavy (non-hydrogen) atoms. The molecule has 5 aliphatic rings. The van der Waals surface area contributed by atoms with E-state index < -0.39 is 10.8 Å². The second-order valence-electron chi connectivity index (χ2n) is 29.3. The van der Waals surface area contributed by atoms with Gasteiger partial charge in [-0.15, -0.1) is 0 Å². The van der Waals surface area contributed by atoms with E-state index in [9.17, 15) is 0 Å². The van der Waals surface area contributed by atoms with Gasteiger partial charge in [0.1, 0.15) is 23.0 Å². The van der Waals surface area contributed by atoms with Gasteiger partial charge in [0.15, 0.2) is 11.6 Å². The predicted octanol–water partition coefficient (Wildman–Crippen LogP) is 25.7. The summed E-state index contributed by atoms with van der Waals surface area (Å²) in [6.45, 7) is 0. The van der Waals surface area contributed by atoms with Gasteiger partial charge >= 0.3 is 0 Å². The van der Waals surface area contributed by atoms with E-state index in [0.29, 0.717) is 11.6 Å². The molecule has 2 spiro atoms. The highest BCUT2D eigenvalue weighted by molar-refractivity contribution is 5.94. The van der Waals surface area contributed by atoms with E-state index in [0.717, 1.165) is 151 Å². The number of aromatic nitrogens is 4. The molecule has 0 amide bonds. The molecule has 0 fully saturated rings. The molecule has 514 valence electrons. The Labute approximate surface area is 638 Å². The zero-order valence-corrected chi connectivity index (χ0v) is 59.7. The molecular formula is C104H66N4O2. The van der Waals surface area contributed by atoms with E-state index in [-0.39, 0.29) is 11.8 Å². The fourth-order valence-corrected chi connectivity index (χ4v) is 18.7. The number of rotatable bonds is 10. The maximum atomic E-state index is 7.42. The Bertz CT molecular complexity index is 6650. The van der Waals surface area contributed by atoms with Gasteiger partial charge in [-0.1, -0.05) is 346 Å². The Balaban J connectivity index is 0.677. The van der Waals surface area contributed by atoms with Crippen LogP contribution < -0.4 is 9.47 Å². The van der Waals surface area contributed by atoms with Gasteiger partial charge in [-0.05, 0) is 120 Å². The van der Waals surface area contributed by atoms with Crippen LogP contribution in [0.15, 0.2) is 388 Å². The van der Waals surface area contributed by atoms with Crippen LogP contribution in [0.25, 0.3) is 129 Å². The maximum Gasteiger partial charge on any atom is 0.160 e. The van der Waals surface area contributed by atoms with Crippen LogP contribution in [0.4, 0.5) is 0 Å². The minimum Gasteiger partial charge on any atom is -0.456 e. The summed E-state index contributed by atoms with van der Waals surface area (Å²) in [4.78, 5) is 21.8. The Hall–Kier alpha value is -14.2. The lowest BCUT2D eigenvalue weighted by Gasteiger charge is -2.44. The molecule has 3 aliphatic carbocycles. The summed E-state index contributed by atoms with van der Waals surface area (Å²) in [6.07, 6.45) is 7.38. The van der Waals surface area contributed by atoms with E-state index in [1.54, 1.807) is 0 Å². The molecule has 0 N–H and O–H groups in total. The third-order valence-electron chi connectivity index (χ3n) is 23.5. The summed E-state index contributed by atoms with van der Waals surface area (Å²) in [5, 5.41) is 2.34. The van der Waals surface area contributed by atoms with E-state index in [1.165, 1.54) is 38.8 Å². The van der Waals surface area contributed by atoms with Gasteiger partial charge in [0.2, 0.25) is 0 Å². The number of allylic oxidation sites excluding steroid dienone is 4. The summed E-state index contributed by atoms with van der Waals surface area (Å²) in [5.41, 5.74) is 28.4. The minimum atomic E-state index is -0.679. The summed E-state index contributed by atoms with van der Waals surface area (Å²) in [7, 11) is 0. The normalized spacial score (nSPS) is 16.1. The van der Waals surface area contributed by atoms with Crippen LogP contribution in [-0.4, -0.2) is 19.9 Å². The topological polar surface area (TPSA) is 70.0 Å². The molecule has 4 heterocycles. The average Bonchev–Trinajstić information content (AvgIpc) is 1.50. The monoisotopic (exact) mass is 1400 g/mol. The van der Waals surface area contributed by atoms with Gasteiger partial charge in [0.25, 0.3) is 0 Å². The van der Waals surface area contributed by atoms with Gasteiger partial charge in [0, 0.05) is 78.6 Å². The van der Waals surface area contributed by atoms with Crippen LogP contribution in [0.3, 0.4) is 0 Å². The van der Waals surface area contributed by atoms with Crippen molar-refractivity contribution < 1.29 is 9.47 Å². The van der Waals surface area contributed by atoms with Gasteiger partial charge in [-0.2, -0.15) is 0 Å². The predicted molar refractivity (Wildman–Crippen MR) is 444 cm³/mol. The van der Waals surface area contributed by atoms with Gasteiger partial charge in [-0.3, -0.25) is 0 Å². The van der Waals surface area contributed by atoms with E-state index in [4.69, 9.17) is 29.4 Å². The Kier molecular flexibility index (Phi) is 14.5. The quantitative estimate of drug-likeness (QED) is 0.136. The van der Waals surface area contributed by atoms with Crippen molar-refractivity contribution in [3.63, 3.8) is 0 Å². The molecule has 0 bridgehead atoms. The highest BCUT2D eigenvalue weighted by Gasteiger charge is 2.58. The Morgan fingerprint density at radius 3 is 1.34 bits per heavy atom. The van der Waals surface area contributed by atoms with Crippen LogP contribution in [-0.2, 0) is 10.8 Å². The molecule has 0 saturated carbocycles. The SMILES string of the molecule is C1=CC2c3ccccc3C3(c4ccccc4Oc4c(-c5cccc(-c6cc(-c7ccc8ccccc8c7)nc(-c7ccccc7)n6)c5)cccc43)C2C=C1c1ccccc1-c1cc(-c2cccc(-c3cccc4c3Oc3ccccc3C43c4ccccc4-c4ccccc43)c2)nc(-c2ccc(-c3ccccc3)cc2)n1. The highest BCUT2D eigenvalue weighted by Crippen LogP contribution is 2.67. The van der Waals surface area contributed by atoms with Crippen molar-refractivity contribution in [3.8, 4) is 135 Å². The third-order valence-corrected chi connectivity index (χ3v) is 23.5. The highest BCUT2D eigenvalue weighted by atomic mass is 16.5. The molecule has 0 radical (unpaired) electrons. The van der Waals surface area contributed by atoms with Gasteiger partial charge < -0.3 is 9.47 Å². The lowest BCUT2D eigenvalue weighted by atomic mass is 9.61. The van der Waals surface area contributed by atoms with Crippen LogP contribution in [0.2, 0.25) is 0 Å². The first-order chi connectivity index (χ1) is 54.5. The number of benzene rings is 15. The fourth-order valence-electron chi connectivity index (χ4n) is 18.7. The van der Waals surface area contributed by atoms with Crippen molar-refractivity contribution in [1.82, 2.24) is 19.9 Å². The van der Waals surface area contributed by atoms with E-state index >= 15 is 0 Å². The molecule has 2 aliphatic heterocycles. The lowest BCUT2D eigenvalue weighted by molar-refractivity contribution is 0.375. The molecular weight excluding hydrogens is 1340 g/mol. The van der Waals surface area contributed by atoms with E-state index in [2.05, 4.69) is 370 Å². The zero-order valence-electron chi connectivity index (χ0n) is 59.7. The number of hydrogen-bond donors (Lipinski definition) is 0. The first kappa shape index (κ1) is 63.1. The van der Waals surface area contributed by atoms with Crippen molar-refractivity contribution in [2.45, 2.75) is 16.7 Å². The molecule has 22 rings (SSSR count). The number of nitrogens with zero attached hydrogens (tertiary/aromatic N) is 4. The second kappa shape index (κ2) is 25.2. The number of ether oxygens (including phenoxy) is 2. The molecule has 6 nitrogen and oxygen atoms in total. The van der Waals surface area contributed by atoms with E-state index in [1.807, 2.05) is 18.2 Å². The third kappa shape index (κ3) is 9.82. The molecule has 3 unspecified atom stereocenters. The van der Waals surface area contributed by atoms with Crippen LogP contribution in [0.1, 0.15) is 56.0 Å². The van der Waals surface area contributed by atoms with Crippen LogP contribution in [0.5, 0.6) is 23.0 Å². The van der Waals surface area contributed by atoms with Crippen molar-refractivity contribution in [2.24, 2.45) is 5.92 Å². The molecule has 2 aromatic heterocycles. The molecule has 6 heteroatoms.